The van der Waals surface area contributed by atoms with Crippen molar-refractivity contribution in [2.45, 2.75) is 62.7 Å². The van der Waals surface area contributed by atoms with E-state index in [0.29, 0.717) is 24.0 Å². The van der Waals surface area contributed by atoms with Gasteiger partial charge in [0.05, 0.1) is 13.7 Å². The second kappa shape index (κ2) is 9.99. The summed E-state index contributed by atoms with van der Waals surface area (Å²) in [6.07, 6.45) is 5.41. The predicted octanol–water partition coefficient (Wildman–Crippen LogP) is 7.27. The number of hydrogen-bond donors (Lipinski definition) is 1. The van der Waals surface area contributed by atoms with Crippen LogP contribution in [0.25, 0.3) is 0 Å². The van der Waals surface area contributed by atoms with Gasteiger partial charge in [0, 0.05) is 12.6 Å². The molecule has 0 aliphatic heterocycles. The highest BCUT2D eigenvalue weighted by Gasteiger charge is 2.53. The summed E-state index contributed by atoms with van der Waals surface area (Å²) in [5.74, 6) is 1.16. The van der Waals surface area contributed by atoms with Crippen molar-refractivity contribution in [3.63, 3.8) is 0 Å². The van der Waals surface area contributed by atoms with Gasteiger partial charge in [-0.05, 0) is 105 Å². The van der Waals surface area contributed by atoms with Crippen LogP contribution in [0.5, 0.6) is 11.5 Å². The summed E-state index contributed by atoms with van der Waals surface area (Å²) < 4.78 is 53.5. The van der Waals surface area contributed by atoms with Gasteiger partial charge in [0.2, 0.25) is 7.37 Å². The minimum atomic E-state index is -3.94. The normalized spacial score (nSPS) is 25.1. The number of methoxy groups -OCH3 is 1. The number of ether oxygens (including phenoxy) is 2. The lowest BCUT2D eigenvalue weighted by Gasteiger charge is -2.33. The summed E-state index contributed by atoms with van der Waals surface area (Å²) in [6, 6.07) is 12.3. The molecule has 0 saturated heterocycles. The van der Waals surface area contributed by atoms with Gasteiger partial charge in [-0.2, -0.15) is 0 Å². The molecule has 2 fully saturated rings. The molecule has 0 heterocycles. The monoisotopic (exact) mass is 492 g/mol. The van der Waals surface area contributed by atoms with Gasteiger partial charge in [0.25, 0.3) is 0 Å². The summed E-state index contributed by atoms with van der Waals surface area (Å²) in [6.45, 7) is 2.91. The molecule has 0 radical (unpaired) electrons. The van der Waals surface area contributed by atoms with Crippen LogP contribution in [0.15, 0.2) is 42.5 Å². The minimum Gasteiger partial charge on any atom is -0.497 e. The molecule has 4 rings (SSSR count). The van der Waals surface area contributed by atoms with Crippen molar-refractivity contribution in [1.82, 2.24) is 0 Å². The smallest absolute Gasteiger partial charge is 0.234 e. The molecule has 1 N–H and O–H groups in total. The van der Waals surface area contributed by atoms with E-state index in [4.69, 9.17) is 9.47 Å². The largest absolute Gasteiger partial charge is 0.497 e. The highest BCUT2D eigenvalue weighted by Crippen LogP contribution is 2.64. The van der Waals surface area contributed by atoms with Crippen LogP contribution in [0.4, 0.5) is 8.78 Å². The molecule has 2 aromatic rings. The van der Waals surface area contributed by atoms with E-state index in [1.54, 1.807) is 19.2 Å². The Hall–Kier alpha value is -1.91. The Bertz CT molecular complexity index is 1040. The molecule has 2 aromatic carbocycles. The van der Waals surface area contributed by atoms with Crippen LogP contribution in [0.2, 0.25) is 0 Å². The first kappa shape index (κ1) is 25.2. The quantitative estimate of drug-likeness (QED) is 0.374. The third-order valence-corrected chi connectivity index (χ3v) is 9.57. The predicted molar refractivity (Wildman–Crippen MR) is 130 cm³/mol. The Morgan fingerprint density at radius 2 is 1.79 bits per heavy atom. The van der Waals surface area contributed by atoms with E-state index in [1.165, 1.54) is 13.0 Å². The summed E-state index contributed by atoms with van der Waals surface area (Å²) in [7, 11) is -2.35. The average molecular weight is 493 g/mol. The van der Waals surface area contributed by atoms with Crippen LogP contribution in [0.3, 0.4) is 0 Å². The molecule has 0 spiro atoms. The van der Waals surface area contributed by atoms with Crippen molar-refractivity contribution < 1.29 is 27.7 Å². The summed E-state index contributed by atoms with van der Waals surface area (Å²) >= 11 is 0. The Kier molecular flexibility index (Phi) is 7.40. The van der Waals surface area contributed by atoms with Crippen molar-refractivity contribution in [1.29, 1.82) is 0 Å². The molecule has 0 bridgehead atoms. The molecular weight excluding hydrogens is 457 g/mol. The van der Waals surface area contributed by atoms with Gasteiger partial charge in [-0.3, -0.25) is 4.57 Å². The highest BCUT2D eigenvalue weighted by atomic mass is 31.2. The summed E-state index contributed by atoms with van der Waals surface area (Å²) in [5.41, 5.74) is 1.45. The number of halogens is 2. The Morgan fingerprint density at radius 3 is 2.41 bits per heavy atom. The molecule has 186 valence electrons. The third-order valence-electron chi connectivity index (χ3n) is 7.66. The number of benzene rings is 2. The van der Waals surface area contributed by atoms with E-state index in [-0.39, 0.29) is 17.7 Å². The SMILES string of the molecule is COc1ccc(F)c([C@H]2CC[C@H](COc3cccc([C@H](C4CC4)[C@@](C)(F)P(C)(=O)O)c3)CC2)c1. The molecule has 0 amide bonds. The maximum atomic E-state index is 15.5. The fourth-order valence-corrected chi connectivity index (χ4v) is 6.18. The van der Waals surface area contributed by atoms with E-state index in [0.717, 1.165) is 56.3 Å². The van der Waals surface area contributed by atoms with Crippen molar-refractivity contribution in [3.05, 3.63) is 59.4 Å². The van der Waals surface area contributed by atoms with Crippen LogP contribution in [-0.2, 0) is 4.57 Å². The molecule has 0 aromatic heterocycles. The van der Waals surface area contributed by atoms with Gasteiger partial charge in [0.15, 0.2) is 5.41 Å². The maximum absolute atomic E-state index is 15.5. The Labute approximate surface area is 201 Å². The lowest BCUT2D eigenvalue weighted by molar-refractivity contribution is 0.196. The van der Waals surface area contributed by atoms with Gasteiger partial charge >= 0.3 is 0 Å². The zero-order valence-corrected chi connectivity index (χ0v) is 21.1. The first-order valence-corrected chi connectivity index (χ1v) is 14.3. The maximum Gasteiger partial charge on any atom is 0.234 e. The van der Waals surface area contributed by atoms with Crippen LogP contribution >= 0.6 is 7.37 Å². The molecule has 3 atom stereocenters. The first-order valence-electron chi connectivity index (χ1n) is 12.2. The topological polar surface area (TPSA) is 55.8 Å². The number of hydrogen-bond acceptors (Lipinski definition) is 3. The highest BCUT2D eigenvalue weighted by molar-refractivity contribution is 7.58. The Morgan fingerprint density at radius 1 is 1.09 bits per heavy atom. The lowest BCUT2D eigenvalue weighted by Crippen LogP contribution is -2.29. The van der Waals surface area contributed by atoms with E-state index < -0.39 is 18.7 Å². The van der Waals surface area contributed by atoms with Crippen LogP contribution in [0.1, 0.15) is 68.4 Å². The summed E-state index contributed by atoms with van der Waals surface area (Å²) in [4.78, 5) is 10.1. The van der Waals surface area contributed by atoms with Crippen molar-refractivity contribution in [2.75, 3.05) is 20.4 Å². The van der Waals surface area contributed by atoms with E-state index in [1.807, 2.05) is 24.3 Å². The third kappa shape index (κ3) is 5.49. The van der Waals surface area contributed by atoms with E-state index >= 15 is 4.39 Å². The zero-order chi connectivity index (χ0) is 24.5. The number of rotatable bonds is 9. The molecule has 2 aliphatic carbocycles. The van der Waals surface area contributed by atoms with E-state index in [2.05, 4.69) is 0 Å². The van der Waals surface area contributed by atoms with Crippen LogP contribution in [0, 0.1) is 17.7 Å². The Balaban J connectivity index is 1.37. The second-order valence-electron chi connectivity index (χ2n) is 10.2. The van der Waals surface area contributed by atoms with Gasteiger partial charge in [0.1, 0.15) is 17.3 Å². The lowest BCUT2D eigenvalue weighted by atomic mass is 9.79. The molecule has 7 heteroatoms. The van der Waals surface area contributed by atoms with Crippen LogP contribution < -0.4 is 9.47 Å². The molecule has 2 saturated carbocycles. The van der Waals surface area contributed by atoms with Gasteiger partial charge in [-0.15, -0.1) is 0 Å². The average Bonchev–Trinajstić information content (AvgIpc) is 3.63. The molecule has 34 heavy (non-hydrogen) atoms. The zero-order valence-electron chi connectivity index (χ0n) is 20.2. The number of alkyl halides is 1. The fourth-order valence-electron chi connectivity index (χ4n) is 5.31. The van der Waals surface area contributed by atoms with Crippen molar-refractivity contribution in [2.24, 2.45) is 11.8 Å². The summed E-state index contributed by atoms with van der Waals surface area (Å²) in [5, 5.41) is -2.18. The molecular formula is C27H35F2O4P. The first-order chi connectivity index (χ1) is 16.1. The van der Waals surface area contributed by atoms with Gasteiger partial charge in [-0.1, -0.05) is 12.1 Å². The minimum absolute atomic E-state index is 0.0814. The van der Waals surface area contributed by atoms with Gasteiger partial charge < -0.3 is 14.4 Å². The second-order valence-corrected chi connectivity index (χ2v) is 12.8. The molecule has 2 aliphatic rings. The molecule has 1 unspecified atom stereocenters. The van der Waals surface area contributed by atoms with Crippen molar-refractivity contribution >= 4 is 7.37 Å². The van der Waals surface area contributed by atoms with Crippen molar-refractivity contribution in [3.8, 4) is 11.5 Å². The van der Waals surface area contributed by atoms with Gasteiger partial charge in [-0.25, -0.2) is 8.78 Å². The molecule has 4 nitrogen and oxygen atoms in total. The standard InChI is InChI=1S/C27H35F2O4P/c1-27(29,34(3,30)31)26(20-11-12-20)21-5-4-6-23(15-21)33-17-18-7-9-19(10-8-18)24-16-22(32-2)13-14-25(24)28/h4-6,13-16,18-20,26H,7-12,17H2,1-3H3,(H,30,31)/t18-,19-,26-,27-/m0/s1. The fraction of sp³-hybridized carbons (Fsp3) is 0.556. The van der Waals surface area contributed by atoms with Crippen LogP contribution in [-0.4, -0.2) is 30.7 Å². The van der Waals surface area contributed by atoms with E-state index in [9.17, 15) is 13.8 Å².